The van der Waals surface area contributed by atoms with Crippen molar-refractivity contribution in [3.8, 4) is 0 Å². The van der Waals surface area contributed by atoms with Crippen LogP contribution in [0.15, 0.2) is 30.5 Å². The Hall–Kier alpha value is -2.74. The summed E-state index contributed by atoms with van der Waals surface area (Å²) in [5.41, 5.74) is 1.77. The molecule has 0 radical (unpaired) electrons. The highest BCUT2D eigenvalue weighted by molar-refractivity contribution is 5.95. The van der Waals surface area contributed by atoms with Crippen molar-refractivity contribution in [3.63, 3.8) is 0 Å². The molecule has 1 aromatic heterocycles. The molecule has 2 N–H and O–H groups in total. The van der Waals surface area contributed by atoms with Crippen molar-refractivity contribution in [2.45, 2.75) is 25.7 Å². The Morgan fingerprint density at radius 2 is 1.86 bits per heavy atom. The van der Waals surface area contributed by atoms with E-state index in [9.17, 15) is 14.4 Å². The topological polar surface area (TPSA) is 111 Å². The normalized spacial score (nSPS) is 19.7. The molecule has 152 valence electrons. The lowest BCUT2D eigenvalue weighted by atomic mass is 9.98. The second kappa shape index (κ2) is 10.6. The summed E-state index contributed by atoms with van der Waals surface area (Å²) < 4.78 is 0. The van der Waals surface area contributed by atoms with Crippen LogP contribution in [0.25, 0.3) is 0 Å². The largest absolute Gasteiger partial charge is 0.478 e. The minimum Gasteiger partial charge on any atom is -0.478 e. The molecule has 3 rings (SSSR count). The summed E-state index contributed by atoms with van der Waals surface area (Å²) in [7, 11) is 1.91. The zero-order valence-corrected chi connectivity index (χ0v) is 16.1. The Morgan fingerprint density at radius 3 is 2.46 bits per heavy atom. The number of hydrogen-bond acceptors (Lipinski definition) is 5. The van der Waals surface area contributed by atoms with Gasteiger partial charge in [-0.2, -0.15) is 0 Å². The Labute approximate surface area is 164 Å². The Kier molecular flexibility index (Phi) is 8.13. The number of aromatic nitrogens is 1. The molecule has 1 atom stereocenters. The number of carbonyl (C=O) groups excluding carboxylic acids is 1. The smallest absolute Gasteiger partial charge is 0.328 e. The molecule has 0 saturated carbocycles. The average Bonchev–Trinajstić information content (AvgIpc) is 3.14. The lowest BCUT2D eigenvalue weighted by Crippen LogP contribution is -2.31. The molecule has 28 heavy (non-hydrogen) atoms. The minimum absolute atomic E-state index is 0.122. The molecule has 1 unspecified atom stereocenters. The van der Waals surface area contributed by atoms with E-state index in [1.165, 1.54) is 25.9 Å². The number of fused-ring (bicyclic) bond motifs is 1. The third-order valence-corrected chi connectivity index (χ3v) is 4.90. The molecule has 1 amide bonds. The van der Waals surface area contributed by atoms with Crippen LogP contribution in [-0.4, -0.2) is 76.1 Å². The van der Waals surface area contributed by atoms with E-state index in [4.69, 9.17) is 10.2 Å². The number of aliphatic carboxylic acids is 2. The predicted molar refractivity (Wildman–Crippen MR) is 103 cm³/mol. The zero-order valence-electron chi connectivity index (χ0n) is 16.1. The first-order valence-corrected chi connectivity index (χ1v) is 9.42. The summed E-state index contributed by atoms with van der Waals surface area (Å²) in [5, 5.41) is 15.6. The molecule has 2 aliphatic heterocycles. The van der Waals surface area contributed by atoms with Crippen molar-refractivity contribution in [3.05, 3.63) is 41.7 Å². The molecule has 1 fully saturated rings. The van der Waals surface area contributed by atoms with Gasteiger partial charge >= 0.3 is 11.9 Å². The number of rotatable bonds is 5. The van der Waals surface area contributed by atoms with Gasteiger partial charge in [-0.3, -0.25) is 9.78 Å². The van der Waals surface area contributed by atoms with Crippen LogP contribution in [-0.2, 0) is 16.0 Å². The molecule has 1 saturated heterocycles. The van der Waals surface area contributed by atoms with Gasteiger partial charge in [-0.05, 0) is 63.4 Å². The van der Waals surface area contributed by atoms with Crippen molar-refractivity contribution in [1.82, 2.24) is 14.8 Å². The van der Waals surface area contributed by atoms with Crippen LogP contribution in [0.2, 0.25) is 0 Å². The van der Waals surface area contributed by atoms with Crippen molar-refractivity contribution in [2.24, 2.45) is 5.92 Å². The maximum Gasteiger partial charge on any atom is 0.328 e. The molecule has 8 heteroatoms. The SMILES string of the molecule is CN1CC(CCN2CCCC2)Cc2ncccc2C1=O.O=C(O)C=CC(=O)O. The van der Waals surface area contributed by atoms with Gasteiger partial charge in [0.05, 0.1) is 11.3 Å². The summed E-state index contributed by atoms with van der Waals surface area (Å²) >= 11 is 0. The molecule has 0 spiro atoms. The molecule has 0 aliphatic carbocycles. The maximum absolute atomic E-state index is 12.3. The third kappa shape index (κ3) is 6.77. The second-order valence-electron chi connectivity index (χ2n) is 7.10. The van der Waals surface area contributed by atoms with Gasteiger partial charge in [0.2, 0.25) is 0 Å². The highest BCUT2D eigenvalue weighted by atomic mass is 16.4. The zero-order chi connectivity index (χ0) is 20.5. The van der Waals surface area contributed by atoms with Gasteiger partial charge in [0, 0.05) is 31.9 Å². The van der Waals surface area contributed by atoms with Crippen LogP contribution in [0, 0.1) is 5.92 Å². The van der Waals surface area contributed by atoms with Crippen molar-refractivity contribution in [1.29, 1.82) is 0 Å². The fraction of sp³-hybridized carbons (Fsp3) is 0.500. The van der Waals surface area contributed by atoms with E-state index in [-0.39, 0.29) is 5.91 Å². The first-order valence-electron chi connectivity index (χ1n) is 9.42. The Balaban J connectivity index is 0.000000300. The highest BCUT2D eigenvalue weighted by Gasteiger charge is 2.26. The number of pyridine rings is 1. The maximum atomic E-state index is 12.3. The molecule has 3 heterocycles. The number of carboxylic acid groups (broad SMARTS) is 2. The van der Waals surface area contributed by atoms with E-state index in [2.05, 4.69) is 9.88 Å². The van der Waals surface area contributed by atoms with Gasteiger partial charge in [0.1, 0.15) is 0 Å². The van der Waals surface area contributed by atoms with Crippen molar-refractivity contribution >= 4 is 17.8 Å². The molecular formula is C20H27N3O5. The van der Waals surface area contributed by atoms with Crippen LogP contribution >= 0.6 is 0 Å². The minimum atomic E-state index is -1.26. The molecule has 1 aromatic rings. The fourth-order valence-electron chi connectivity index (χ4n) is 3.52. The number of carbonyl (C=O) groups is 3. The Morgan fingerprint density at radius 1 is 1.21 bits per heavy atom. The predicted octanol–water partition coefficient (Wildman–Crippen LogP) is 1.52. The lowest BCUT2D eigenvalue weighted by Gasteiger charge is -2.22. The molecule has 0 bridgehead atoms. The van der Waals surface area contributed by atoms with E-state index < -0.39 is 11.9 Å². The first kappa shape index (κ1) is 21.6. The van der Waals surface area contributed by atoms with Crippen LogP contribution in [0.3, 0.4) is 0 Å². The number of amides is 1. The summed E-state index contributed by atoms with van der Waals surface area (Å²) in [6, 6.07) is 3.76. The summed E-state index contributed by atoms with van der Waals surface area (Å²) in [6.07, 6.45) is 7.69. The lowest BCUT2D eigenvalue weighted by molar-refractivity contribution is -0.134. The number of nitrogens with zero attached hydrogens (tertiary/aromatic N) is 3. The fourth-order valence-corrected chi connectivity index (χ4v) is 3.52. The van der Waals surface area contributed by atoms with Gasteiger partial charge in [-0.25, -0.2) is 9.59 Å². The molecule has 2 aliphatic rings. The number of hydrogen-bond donors (Lipinski definition) is 2. The monoisotopic (exact) mass is 389 g/mol. The van der Waals surface area contributed by atoms with Crippen LogP contribution in [0.4, 0.5) is 0 Å². The van der Waals surface area contributed by atoms with E-state index in [0.717, 1.165) is 37.2 Å². The molecular weight excluding hydrogens is 362 g/mol. The first-order chi connectivity index (χ1) is 13.4. The summed E-state index contributed by atoms with van der Waals surface area (Å²) in [4.78, 5) is 40.3. The third-order valence-electron chi connectivity index (χ3n) is 4.90. The van der Waals surface area contributed by atoms with Crippen LogP contribution in [0.5, 0.6) is 0 Å². The number of carboxylic acids is 2. The van der Waals surface area contributed by atoms with Crippen molar-refractivity contribution in [2.75, 3.05) is 33.2 Å². The highest BCUT2D eigenvalue weighted by Crippen LogP contribution is 2.22. The molecule has 8 nitrogen and oxygen atoms in total. The second-order valence-corrected chi connectivity index (χ2v) is 7.10. The van der Waals surface area contributed by atoms with Crippen molar-refractivity contribution < 1.29 is 24.6 Å². The summed E-state index contributed by atoms with van der Waals surface area (Å²) in [6.45, 7) is 4.50. The van der Waals surface area contributed by atoms with E-state index in [1.807, 2.05) is 24.1 Å². The van der Waals surface area contributed by atoms with Crippen LogP contribution < -0.4 is 0 Å². The van der Waals surface area contributed by atoms with Gasteiger partial charge in [-0.1, -0.05) is 0 Å². The van der Waals surface area contributed by atoms with Gasteiger partial charge in [0.15, 0.2) is 0 Å². The van der Waals surface area contributed by atoms with E-state index in [0.29, 0.717) is 18.1 Å². The molecule has 0 aromatic carbocycles. The standard InChI is InChI=1S/C16H23N3O.C4H4O4/c1-18-12-13(6-10-19-8-2-3-9-19)11-15-14(16(18)20)5-4-7-17-15;5-3(6)1-2-4(7)8/h4-5,7,13H,2-3,6,8-12H2,1H3;1-2H,(H,5,6)(H,7,8). The quantitative estimate of drug-likeness (QED) is 0.735. The van der Waals surface area contributed by atoms with Crippen LogP contribution in [0.1, 0.15) is 35.3 Å². The van der Waals surface area contributed by atoms with Gasteiger partial charge in [0.25, 0.3) is 5.91 Å². The average molecular weight is 389 g/mol. The number of likely N-dealkylation sites (tertiary alicyclic amines) is 1. The van der Waals surface area contributed by atoms with E-state index in [1.54, 1.807) is 6.20 Å². The Bertz CT molecular complexity index is 712. The van der Waals surface area contributed by atoms with Gasteiger partial charge in [-0.15, -0.1) is 0 Å². The van der Waals surface area contributed by atoms with E-state index >= 15 is 0 Å². The van der Waals surface area contributed by atoms with Gasteiger partial charge < -0.3 is 20.0 Å². The summed E-state index contributed by atoms with van der Waals surface area (Å²) in [5.74, 6) is -1.86.